The summed E-state index contributed by atoms with van der Waals surface area (Å²) in [4.78, 5) is 29.4. The Kier molecular flexibility index (Phi) is 4.20. The predicted octanol–water partition coefficient (Wildman–Crippen LogP) is 1.08. The molecular weight excluding hydrogens is 298 g/mol. The number of aromatic amines is 1. The summed E-state index contributed by atoms with van der Waals surface area (Å²) in [5.41, 5.74) is 1.59. The molecule has 1 aliphatic heterocycles. The van der Waals surface area contributed by atoms with Crippen LogP contribution < -0.4 is 4.74 Å². The standard InChI is InChI=1S/C16H19N3O4/c1-23-11-2-3-14-12(8-11)13(9-17-14)15(16(21)22)19-6-4-18(10-20)5-7-19/h2-3,8-10,15,17H,4-7H2,1H3,(H,21,22). The van der Waals surface area contributed by atoms with Crippen LogP contribution in [-0.2, 0) is 9.59 Å². The normalized spacial score (nSPS) is 17.2. The number of ether oxygens (including phenoxy) is 1. The fourth-order valence-electron chi connectivity index (χ4n) is 3.06. The van der Waals surface area contributed by atoms with Crippen molar-refractivity contribution < 1.29 is 19.4 Å². The maximum atomic E-state index is 11.9. The lowest BCUT2D eigenvalue weighted by Gasteiger charge is -2.36. The number of hydrogen-bond donors (Lipinski definition) is 2. The first-order valence-electron chi connectivity index (χ1n) is 7.45. The van der Waals surface area contributed by atoms with Crippen LogP contribution in [0, 0.1) is 0 Å². The molecule has 1 aromatic heterocycles. The number of H-pyrrole nitrogens is 1. The molecule has 7 nitrogen and oxygen atoms in total. The minimum atomic E-state index is -0.895. The van der Waals surface area contributed by atoms with Gasteiger partial charge in [-0.05, 0) is 18.2 Å². The number of nitrogens with zero attached hydrogens (tertiary/aromatic N) is 2. The third kappa shape index (κ3) is 2.87. The van der Waals surface area contributed by atoms with E-state index in [1.807, 2.05) is 23.1 Å². The first-order valence-corrected chi connectivity index (χ1v) is 7.45. The Morgan fingerprint density at radius 3 is 2.70 bits per heavy atom. The Hall–Kier alpha value is -2.54. The molecule has 0 radical (unpaired) electrons. The number of carboxylic acid groups (broad SMARTS) is 1. The molecule has 1 atom stereocenters. The number of rotatable bonds is 5. The molecule has 1 saturated heterocycles. The van der Waals surface area contributed by atoms with Crippen LogP contribution in [0.25, 0.3) is 10.9 Å². The fourth-order valence-corrected chi connectivity index (χ4v) is 3.06. The molecule has 0 saturated carbocycles. The predicted molar refractivity (Wildman–Crippen MR) is 84.4 cm³/mol. The van der Waals surface area contributed by atoms with Gasteiger partial charge in [-0.3, -0.25) is 14.5 Å². The highest BCUT2D eigenvalue weighted by molar-refractivity contribution is 5.90. The topological polar surface area (TPSA) is 85.9 Å². The van der Waals surface area contributed by atoms with Gasteiger partial charge < -0.3 is 19.7 Å². The van der Waals surface area contributed by atoms with Gasteiger partial charge in [-0.2, -0.15) is 0 Å². The average Bonchev–Trinajstić information content (AvgIpc) is 2.98. The quantitative estimate of drug-likeness (QED) is 0.806. The molecule has 1 aromatic carbocycles. The van der Waals surface area contributed by atoms with Gasteiger partial charge in [0.2, 0.25) is 6.41 Å². The highest BCUT2D eigenvalue weighted by Gasteiger charge is 2.31. The van der Waals surface area contributed by atoms with Crippen LogP contribution in [0.4, 0.5) is 0 Å². The molecule has 122 valence electrons. The molecule has 2 heterocycles. The molecule has 0 bridgehead atoms. The van der Waals surface area contributed by atoms with Crippen molar-refractivity contribution in [3.8, 4) is 5.75 Å². The molecule has 0 spiro atoms. The van der Waals surface area contributed by atoms with Crippen LogP contribution in [-0.4, -0.2) is 65.6 Å². The molecule has 2 aromatic rings. The van der Waals surface area contributed by atoms with E-state index in [1.54, 1.807) is 18.2 Å². The van der Waals surface area contributed by atoms with E-state index in [-0.39, 0.29) is 0 Å². The zero-order valence-corrected chi connectivity index (χ0v) is 12.9. The fraction of sp³-hybridized carbons (Fsp3) is 0.375. The number of methoxy groups -OCH3 is 1. The summed E-state index contributed by atoms with van der Waals surface area (Å²) < 4.78 is 5.24. The van der Waals surface area contributed by atoms with E-state index < -0.39 is 12.0 Å². The van der Waals surface area contributed by atoms with E-state index in [1.165, 1.54) is 0 Å². The Morgan fingerprint density at radius 1 is 1.35 bits per heavy atom. The van der Waals surface area contributed by atoms with Crippen molar-refractivity contribution in [1.82, 2.24) is 14.8 Å². The van der Waals surface area contributed by atoms with E-state index in [2.05, 4.69) is 4.98 Å². The Balaban J connectivity index is 1.95. The molecule has 2 N–H and O–H groups in total. The van der Waals surface area contributed by atoms with Crippen molar-refractivity contribution in [2.45, 2.75) is 6.04 Å². The molecule has 1 aliphatic rings. The summed E-state index contributed by atoms with van der Waals surface area (Å²) in [6.45, 7) is 2.15. The van der Waals surface area contributed by atoms with Crippen LogP contribution in [0.3, 0.4) is 0 Å². The van der Waals surface area contributed by atoms with Gasteiger partial charge in [-0.15, -0.1) is 0 Å². The number of carbonyl (C=O) groups excluding carboxylic acids is 1. The van der Waals surface area contributed by atoms with Gasteiger partial charge in [0.15, 0.2) is 0 Å². The van der Waals surface area contributed by atoms with Crippen LogP contribution in [0.1, 0.15) is 11.6 Å². The largest absolute Gasteiger partial charge is 0.497 e. The second-order valence-corrected chi connectivity index (χ2v) is 5.57. The first kappa shape index (κ1) is 15.4. The average molecular weight is 317 g/mol. The van der Waals surface area contributed by atoms with Crippen LogP contribution >= 0.6 is 0 Å². The highest BCUT2D eigenvalue weighted by Crippen LogP contribution is 2.31. The number of carboxylic acids is 1. The number of aliphatic carboxylic acids is 1. The number of carbonyl (C=O) groups is 2. The third-order valence-electron chi connectivity index (χ3n) is 4.31. The third-order valence-corrected chi connectivity index (χ3v) is 4.31. The van der Waals surface area contributed by atoms with Gasteiger partial charge in [0.05, 0.1) is 7.11 Å². The second kappa shape index (κ2) is 6.29. The summed E-state index contributed by atoms with van der Waals surface area (Å²) in [5.74, 6) is -0.207. The monoisotopic (exact) mass is 317 g/mol. The van der Waals surface area contributed by atoms with E-state index in [0.717, 1.165) is 17.3 Å². The van der Waals surface area contributed by atoms with E-state index in [4.69, 9.17) is 4.74 Å². The van der Waals surface area contributed by atoms with E-state index in [0.29, 0.717) is 37.5 Å². The number of nitrogens with one attached hydrogen (secondary N) is 1. The number of amides is 1. The zero-order valence-electron chi connectivity index (χ0n) is 12.9. The van der Waals surface area contributed by atoms with Crippen molar-refractivity contribution in [1.29, 1.82) is 0 Å². The van der Waals surface area contributed by atoms with Crippen LogP contribution in [0.15, 0.2) is 24.4 Å². The van der Waals surface area contributed by atoms with Crippen molar-refractivity contribution in [3.63, 3.8) is 0 Å². The molecule has 1 amide bonds. The van der Waals surface area contributed by atoms with E-state index in [9.17, 15) is 14.7 Å². The zero-order chi connectivity index (χ0) is 16.4. The lowest BCUT2D eigenvalue weighted by atomic mass is 10.0. The molecular formula is C16H19N3O4. The number of aromatic nitrogens is 1. The van der Waals surface area contributed by atoms with E-state index >= 15 is 0 Å². The van der Waals surface area contributed by atoms with Crippen LogP contribution in [0.5, 0.6) is 5.75 Å². The number of piperazine rings is 1. The summed E-state index contributed by atoms with van der Waals surface area (Å²) in [6, 6.07) is 4.81. The Labute approximate surface area is 133 Å². The number of hydrogen-bond acceptors (Lipinski definition) is 4. The van der Waals surface area contributed by atoms with Crippen molar-refractivity contribution in [3.05, 3.63) is 30.0 Å². The second-order valence-electron chi connectivity index (χ2n) is 5.57. The summed E-state index contributed by atoms with van der Waals surface area (Å²) in [5, 5.41) is 10.6. The molecule has 23 heavy (non-hydrogen) atoms. The number of benzene rings is 1. The molecule has 3 rings (SSSR count). The summed E-state index contributed by atoms with van der Waals surface area (Å²) in [6.07, 6.45) is 2.55. The molecule has 0 aliphatic carbocycles. The van der Waals surface area contributed by atoms with Gasteiger partial charge in [-0.1, -0.05) is 0 Å². The van der Waals surface area contributed by atoms with Gasteiger partial charge in [0.1, 0.15) is 11.8 Å². The lowest BCUT2D eigenvalue weighted by Crippen LogP contribution is -2.48. The van der Waals surface area contributed by atoms with Crippen molar-refractivity contribution in [2.24, 2.45) is 0 Å². The van der Waals surface area contributed by atoms with Gasteiger partial charge in [0.25, 0.3) is 0 Å². The van der Waals surface area contributed by atoms with Gasteiger partial charge in [0, 0.05) is 48.8 Å². The van der Waals surface area contributed by atoms with Crippen LogP contribution in [0.2, 0.25) is 0 Å². The highest BCUT2D eigenvalue weighted by atomic mass is 16.5. The first-order chi connectivity index (χ1) is 11.1. The van der Waals surface area contributed by atoms with Crippen molar-refractivity contribution in [2.75, 3.05) is 33.3 Å². The number of fused-ring (bicyclic) bond motifs is 1. The smallest absolute Gasteiger partial charge is 0.325 e. The molecule has 1 fully saturated rings. The Bertz CT molecular complexity index is 719. The summed E-state index contributed by atoms with van der Waals surface area (Å²) >= 11 is 0. The lowest BCUT2D eigenvalue weighted by molar-refractivity contribution is -0.144. The minimum Gasteiger partial charge on any atom is -0.497 e. The molecule has 1 unspecified atom stereocenters. The Morgan fingerprint density at radius 2 is 2.09 bits per heavy atom. The SMILES string of the molecule is COc1ccc2[nH]cc(C(C(=O)O)N3CCN(C=O)CC3)c2c1. The summed E-state index contributed by atoms with van der Waals surface area (Å²) in [7, 11) is 1.58. The maximum Gasteiger partial charge on any atom is 0.325 e. The molecule has 7 heteroatoms. The minimum absolute atomic E-state index is 0.534. The van der Waals surface area contributed by atoms with Gasteiger partial charge in [-0.25, -0.2) is 0 Å². The maximum absolute atomic E-state index is 11.9. The van der Waals surface area contributed by atoms with Crippen molar-refractivity contribution >= 4 is 23.3 Å². The van der Waals surface area contributed by atoms with Gasteiger partial charge >= 0.3 is 5.97 Å².